The first-order valence-electron chi connectivity index (χ1n) is 4.05. The summed E-state index contributed by atoms with van der Waals surface area (Å²) in [5, 5.41) is 0. The predicted octanol–water partition coefficient (Wildman–Crippen LogP) is 1.23. The number of rotatable bonds is 3. The molecule has 0 spiro atoms. The fourth-order valence-corrected chi connectivity index (χ4v) is 0.750. The minimum absolute atomic E-state index is 1.27. The Morgan fingerprint density at radius 1 is 0.833 bits per heavy atom. The molecule has 0 aromatic heterocycles. The summed E-state index contributed by atoms with van der Waals surface area (Å²) in [6, 6.07) is 0. The summed E-state index contributed by atoms with van der Waals surface area (Å²) in [5.41, 5.74) is 0. The van der Waals surface area contributed by atoms with Crippen LogP contribution >= 0.6 is 0 Å². The van der Waals surface area contributed by atoms with E-state index in [4.69, 9.17) is 0 Å². The van der Waals surface area contributed by atoms with E-state index in [0.29, 0.717) is 0 Å². The molecule has 0 heterocycles. The Hall–Kier alpha value is -0.255. The van der Waals surface area contributed by atoms with E-state index in [9.17, 15) is 17.3 Å². The van der Waals surface area contributed by atoms with Gasteiger partial charge in [-0.2, -0.15) is 0 Å². The number of nitrogens with one attached hydrogen (secondary N) is 1. The van der Waals surface area contributed by atoms with Gasteiger partial charge in [0.25, 0.3) is 0 Å². The molecule has 0 aliphatic heterocycles. The highest BCUT2D eigenvalue weighted by molar-refractivity contribution is 6.50. The Bertz CT molecular complexity index is 80.5. The first kappa shape index (κ1) is 14.3. The molecule has 12 heavy (non-hydrogen) atoms. The van der Waals surface area contributed by atoms with Crippen LogP contribution < -0.4 is 4.90 Å². The van der Waals surface area contributed by atoms with Gasteiger partial charge < -0.3 is 22.2 Å². The van der Waals surface area contributed by atoms with E-state index in [-0.39, 0.29) is 0 Å². The van der Waals surface area contributed by atoms with Gasteiger partial charge in [-0.05, 0) is 20.8 Å². The van der Waals surface area contributed by atoms with Crippen LogP contribution in [-0.4, -0.2) is 26.9 Å². The van der Waals surface area contributed by atoms with Crippen molar-refractivity contribution in [1.82, 2.24) is 0 Å². The summed E-state index contributed by atoms with van der Waals surface area (Å²) in [7, 11) is -6.00. The van der Waals surface area contributed by atoms with Crippen LogP contribution in [0.15, 0.2) is 0 Å². The highest BCUT2D eigenvalue weighted by Crippen LogP contribution is 2.06. The summed E-state index contributed by atoms with van der Waals surface area (Å²) < 4.78 is 39.0. The zero-order valence-corrected chi connectivity index (χ0v) is 7.71. The molecule has 6 heteroatoms. The van der Waals surface area contributed by atoms with Crippen LogP contribution in [0.3, 0.4) is 0 Å². The van der Waals surface area contributed by atoms with Crippen molar-refractivity contribution in [3.63, 3.8) is 0 Å². The van der Waals surface area contributed by atoms with Crippen molar-refractivity contribution in [2.45, 2.75) is 20.8 Å². The van der Waals surface area contributed by atoms with E-state index < -0.39 is 7.25 Å². The first-order chi connectivity index (χ1) is 5.35. The van der Waals surface area contributed by atoms with Crippen LogP contribution in [0.4, 0.5) is 17.3 Å². The largest absolute Gasteiger partial charge is 0.673 e. The molecule has 0 unspecified atom stereocenters. The molecule has 0 saturated carbocycles. The van der Waals surface area contributed by atoms with Gasteiger partial charge in [0.15, 0.2) is 0 Å². The van der Waals surface area contributed by atoms with Gasteiger partial charge in [0.1, 0.15) is 0 Å². The minimum atomic E-state index is -6.00. The van der Waals surface area contributed by atoms with Gasteiger partial charge in [-0.25, -0.2) is 0 Å². The zero-order chi connectivity index (χ0) is 10.2. The molecule has 0 aromatic rings. The van der Waals surface area contributed by atoms with Crippen LogP contribution in [-0.2, 0) is 0 Å². The van der Waals surface area contributed by atoms with Gasteiger partial charge in [0.2, 0.25) is 0 Å². The van der Waals surface area contributed by atoms with Crippen molar-refractivity contribution in [2.75, 3.05) is 19.6 Å². The Labute approximate surface area is 70.8 Å². The summed E-state index contributed by atoms with van der Waals surface area (Å²) in [6.07, 6.45) is 0. The van der Waals surface area contributed by atoms with Gasteiger partial charge >= 0.3 is 7.25 Å². The standard InChI is InChI=1S/C6H15N.BF4/c1-4-7(5-2)6-3;2-1(3,4)5/h4-6H2,1-3H3;/q;-1/p+1. The Kier molecular flexibility index (Phi) is 8.80. The Balaban J connectivity index is 0. The molecule has 0 saturated heterocycles. The molecular weight excluding hydrogens is 173 g/mol. The number of hydrogen-bond donors (Lipinski definition) is 1. The van der Waals surface area contributed by atoms with Crippen molar-refractivity contribution in [3.05, 3.63) is 0 Å². The maximum Gasteiger partial charge on any atom is 0.673 e. The van der Waals surface area contributed by atoms with Gasteiger partial charge in [-0.15, -0.1) is 0 Å². The molecule has 0 aromatic carbocycles. The van der Waals surface area contributed by atoms with Crippen LogP contribution in [0.1, 0.15) is 20.8 Å². The maximum absolute atomic E-state index is 9.75. The van der Waals surface area contributed by atoms with Crippen LogP contribution in [0.2, 0.25) is 0 Å². The lowest BCUT2D eigenvalue weighted by atomic mass is 10.3. The quantitative estimate of drug-likeness (QED) is 0.503. The van der Waals surface area contributed by atoms with Gasteiger partial charge in [-0.3, -0.25) is 0 Å². The van der Waals surface area contributed by atoms with Crippen molar-refractivity contribution >= 4 is 7.25 Å². The number of quaternary nitrogens is 1. The molecule has 76 valence electrons. The van der Waals surface area contributed by atoms with E-state index in [2.05, 4.69) is 20.8 Å². The molecule has 1 nitrogen and oxygen atoms in total. The average Bonchev–Trinajstić information content (AvgIpc) is 1.88. The zero-order valence-electron chi connectivity index (χ0n) is 7.71. The minimum Gasteiger partial charge on any atom is -0.418 e. The molecule has 0 aliphatic rings. The van der Waals surface area contributed by atoms with Crippen LogP contribution in [0.5, 0.6) is 0 Å². The monoisotopic (exact) mass is 189 g/mol. The lowest BCUT2D eigenvalue weighted by Crippen LogP contribution is -3.11. The topological polar surface area (TPSA) is 4.44 Å². The van der Waals surface area contributed by atoms with Crippen LogP contribution in [0, 0.1) is 0 Å². The van der Waals surface area contributed by atoms with Crippen molar-refractivity contribution < 1.29 is 22.2 Å². The van der Waals surface area contributed by atoms with Gasteiger partial charge in [0.05, 0.1) is 19.6 Å². The van der Waals surface area contributed by atoms with E-state index in [0.717, 1.165) is 0 Å². The molecule has 0 bridgehead atoms. The lowest BCUT2D eigenvalue weighted by Gasteiger charge is -2.10. The SMILES string of the molecule is CC[NH+](CC)CC.F[B-](F)(F)F. The van der Waals surface area contributed by atoms with E-state index in [1.165, 1.54) is 19.6 Å². The third-order valence-corrected chi connectivity index (χ3v) is 1.50. The van der Waals surface area contributed by atoms with E-state index in [1.807, 2.05) is 0 Å². The predicted molar refractivity (Wildman–Crippen MR) is 42.8 cm³/mol. The molecular formula is C6H16BF4N. The summed E-state index contributed by atoms with van der Waals surface area (Å²) >= 11 is 0. The molecule has 0 fully saturated rings. The molecule has 0 rings (SSSR count). The summed E-state index contributed by atoms with van der Waals surface area (Å²) in [4.78, 5) is 1.68. The Morgan fingerprint density at radius 3 is 1.00 bits per heavy atom. The van der Waals surface area contributed by atoms with E-state index in [1.54, 1.807) is 4.90 Å². The average molecular weight is 189 g/mol. The highest BCUT2D eigenvalue weighted by atomic mass is 19.5. The smallest absolute Gasteiger partial charge is 0.418 e. The fraction of sp³-hybridized carbons (Fsp3) is 1.00. The second-order valence-electron chi connectivity index (χ2n) is 2.31. The summed E-state index contributed by atoms with van der Waals surface area (Å²) in [6.45, 7) is 10.5. The molecule has 0 radical (unpaired) electrons. The second-order valence-corrected chi connectivity index (χ2v) is 2.31. The number of hydrogen-bond acceptors (Lipinski definition) is 0. The third kappa shape index (κ3) is 22.6. The number of halogens is 4. The van der Waals surface area contributed by atoms with Gasteiger partial charge in [-0.1, -0.05) is 0 Å². The lowest BCUT2D eigenvalue weighted by molar-refractivity contribution is -0.894. The van der Waals surface area contributed by atoms with Gasteiger partial charge in [0, 0.05) is 0 Å². The maximum atomic E-state index is 9.75. The van der Waals surface area contributed by atoms with Crippen LogP contribution in [0.25, 0.3) is 0 Å². The fourth-order valence-electron chi connectivity index (χ4n) is 0.750. The molecule has 1 N–H and O–H groups in total. The normalized spacial score (nSPS) is 11.0. The molecule has 0 atom stereocenters. The molecule has 0 aliphatic carbocycles. The highest BCUT2D eigenvalue weighted by Gasteiger charge is 2.20. The van der Waals surface area contributed by atoms with Crippen molar-refractivity contribution in [3.8, 4) is 0 Å². The summed E-state index contributed by atoms with van der Waals surface area (Å²) in [5.74, 6) is 0. The Morgan fingerprint density at radius 2 is 1.00 bits per heavy atom. The second kappa shape index (κ2) is 7.40. The molecule has 0 amide bonds. The van der Waals surface area contributed by atoms with E-state index >= 15 is 0 Å². The van der Waals surface area contributed by atoms with Crippen molar-refractivity contribution in [1.29, 1.82) is 0 Å². The third-order valence-electron chi connectivity index (χ3n) is 1.50. The van der Waals surface area contributed by atoms with Crippen molar-refractivity contribution in [2.24, 2.45) is 0 Å². The first-order valence-corrected chi connectivity index (χ1v) is 4.05.